The number of pyridine rings is 1. The Labute approximate surface area is 260 Å². The number of aromatic nitrogens is 2. The van der Waals surface area contributed by atoms with E-state index < -0.39 is 10.0 Å². The number of piperidine rings is 1. The molecule has 2 aliphatic heterocycles. The highest BCUT2D eigenvalue weighted by molar-refractivity contribution is 7.89. The number of sulfonamides is 1. The number of aryl methyl sites for hydroxylation is 1. The third kappa shape index (κ3) is 6.49. The van der Waals surface area contributed by atoms with Crippen LogP contribution in [-0.2, 0) is 27.8 Å². The number of nitrogens with zero attached hydrogens (tertiary/aromatic N) is 5. The lowest BCUT2D eigenvalue weighted by atomic mass is 9.91. The molecule has 4 heterocycles. The molecule has 0 spiro atoms. The second-order valence-electron chi connectivity index (χ2n) is 12.7. The fourth-order valence-corrected chi connectivity index (χ4v) is 8.96. The van der Waals surface area contributed by atoms with Crippen LogP contribution in [0.4, 0.5) is 10.5 Å². The van der Waals surface area contributed by atoms with Gasteiger partial charge in [0.2, 0.25) is 15.9 Å². The molecule has 1 aliphatic carbocycles. The zero-order valence-corrected chi connectivity index (χ0v) is 26.6. The summed E-state index contributed by atoms with van der Waals surface area (Å²) < 4.78 is 35.2. The fraction of sp³-hybridized carbons (Fsp3) is 0.545. The number of fused-ring (bicyclic) bond motifs is 1. The summed E-state index contributed by atoms with van der Waals surface area (Å²) in [5, 5.41) is 4.49. The van der Waals surface area contributed by atoms with Crippen LogP contribution in [0.25, 0.3) is 5.52 Å². The molecule has 2 aromatic heterocycles. The molecular weight excluding hydrogens is 578 g/mol. The van der Waals surface area contributed by atoms with Gasteiger partial charge in [-0.15, -0.1) is 0 Å². The minimum absolute atomic E-state index is 0.136. The molecule has 6 rings (SSSR count). The maximum absolute atomic E-state index is 13.7. The van der Waals surface area contributed by atoms with Crippen molar-refractivity contribution in [3.8, 4) is 5.75 Å². The second kappa shape index (κ2) is 12.9. The van der Waals surface area contributed by atoms with Crippen LogP contribution >= 0.6 is 0 Å². The van der Waals surface area contributed by atoms with Crippen LogP contribution in [0.1, 0.15) is 68.1 Å². The zero-order chi connectivity index (χ0) is 30.8. The van der Waals surface area contributed by atoms with Gasteiger partial charge in [-0.25, -0.2) is 22.0 Å². The van der Waals surface area contributed by atoms with E-state index in [2.05, 4.69) is 11.2 Å². The summed E-state index contributed by atoms with van der Waals surface area (Å²) in [6, 6.07) is 9.50. The molecule has 236 valence electrons. The number of carbonyl (C=O) groups is 2. The number of methoxy groups -OCH3 is 1. The highest BCUT2D eigenvalue weighted by atomic mass is 32.2. The van der Waals surface area contributed by atoms with Crippen LogP contribution in [0.5, 0.6) is 5.75 Å². The van der Waals surface area contributed by atoms with Gasteiger partial charge in [-0.3, -0.25) is 14.6 Å². The average molecular weight is 622 g/mol. The third-order valence-electron chi connectivity index (χ3n) is 9.60. The predicted octanol–water partition coefficient (Wildman–Crippen LogP) is 5.17. The van der Waals surface area contributed by atoms with E-state index in [0.29, 0.717) is 48.7 Å². The number of carbonyl (C=O) groups excluding carboxylic acids is 2. The van der Waals surface area contributed by atoms with Crippen LogP contribution < -0.4 is 9.64 Å². The maximum atomic E-state index is 13.7. The molecule has 2 saturated heterocycles. The van der Waals surface area contributed by atoms with E-state index in [1.165, 1.54) is 11.3 Å². The molecule has 3 aromatic rings. The standard InChI is InChI=1S/C33H43N5O5S/c1-24-8-9-28(31(18-24)43-2)22-37-32(39)13-16-36(33(37)40)30-21-34-38-17-12-27(20-29(30)38)19-25-10-14-35(15-11-25)44(41,42)23-26-6-4-3-5-7-26/h8-9,12,17-18,20-21,25-26H,3-7,10-11,13-16,19,22-23H2,1-2H3. The quantitative estimate of drug-likeness (QED) is 0.326. The highest BCUT2D eigenvalue weighted by Gasteiger charge is 2.35. The largest absolute Gasteiger partial charge is 0.496 e. The lowest BCUT2D eigenvalue weighted by molar-refractivity contribution is -0.129. The Morgan fingerprint density at radius 3 is 2.48 bits per heavy atom. The van der Waals surface area contributed by atoms with Gasteiger partial charge in [0.25, 0.3) is 0 Å². The van der Waals surface area contributed by atoms with Crippen LogP contribution in [0.15, 0.2) is 42.7 Å². The van der Waals surface area contributed by atoms with E-state index in [1.54, 1.807) is 27.0 Å². The molecule has 0 unspecified atom stereocenters. The molecule has 1 saturated carbocycles. The van der Waals surface area contributed by atoms with Gasteiger partial charge in [0.15, 0.2) is 0 Å². The predicted molar refractivity (Wildman–Crippen MR) is 169 cm³/mol. The first-order valence-corrected chi connectivity index (χ1v) is 17.5. The van der Waals surface area contributed by atoms with Crippen molar-refractivity contribution in [2.75, 3.05) is 37.4 Å². The first kappa shape index (κ1) is 30.6. The van der Waals surface area contributed by atoms with Gasteiger partial charge in [0.1, 0.15) is 5.75 Å². The lowest BCUT2D eigenvalue weighted by Gasteiger charge is -2.34. The van der Waals surface area contributed by atoms with E-state index in [9.17, 15) is 18.0 Å². The Hall–Kier alpha value is -3.44. The van der Waals surface area contributed by atoms with Gasteiger partial charge in [-0.1, -0.05) is 31.4 Å². The molecule has 3 aliphatic rings. The Morgan fingerprint density at radius 1 is 0.955 bits per heavy atom. The van der Waals surface area contributed by atoms with Crippen LogP contribution in [-0.4, -0.2) is 71.7 Å². The number of urea groups is 1. The van der Waals surface area contributed by atoms with Gasteiger partial charge in [-0.05, 0) is 80.2 Å². The van der Waals surface area contributed by atoms with Crippen LogP contribution in [0.3, 0.4) is 0 Å². The molecule has 1 aromatic carbocycles. The van der Waals surface area contributed by atoms with Gasteiger partial charge in [-0.2, -0.15) is 5.10 Å². The first-order chi connectivity index (χ1) is 21.2. The summed E-state index contributed by atoms with van der Waals surface area (Å²) in [6.07, 6.45) is 11.9. The number of imide groups is 1. The van der Waals surface area contributed by atoms with Crippen molar-refractivity contribution >= 4 is 33.2 Å². The number of benzene rings is 1. The Morgan fingerprint density at radius 2 is 1.73 bits per heavy atom. The molecule has 3 amide bonds. The van der Waals surface area contributed by atoms with Gasteiger partial charge in [0.05, 0.1) is 36.8 Å². The molecule has 10 nitrogen and oxygen atoms in total. The summed E-state index contributed by atoms with van der Waals surface area (Å²) in [6.45, 7) is 3.56. The summed E-state index contributed by atoms with van der Waals surface area (Å²) in [5.41, 5.74) is 4.43. The number of rotatable bonds is 9. The monoisotopic (exact) mass is 621 g/mol. The smallest absolute Gasteiger partial charge is 0.331 e. The Kier molecular flexibility index (Phi) is 8.96. The average Bonchev–Trinajstić information content (AvgIpc) is 3.43. The topological polar surface area (TPSA) is 105 Å². The first-order valence-electron chi connectivity index (χ1n) is 15.9. The fourth-order valence-electron chi connectivity index (χ4n) is 7.05. The van der Waals surface area contributed by atoms with Gasteiger partial charge in [0, 0.05) is 37.8 Å². The van der Waals surface area contributed by atoms with Gasteiger partial charge < -0.3 is 4.74 Å². The summed E-state index contributed by atoms with van der Waals surface area (Å²) in [7, 11) is -1.62. The summed E-state index contributed by atoms with van der Waals surface area (Å²) in [5.74, 6) is 1.44. The van der Waals surface area contributed by atoms with E-state index >= 15 is 0 Å². The normalized spacial score (nSPS) is 19.7. The Balaban J connectivity index is 1.12. The second-order valence-corrected chi connectivity index (χ2v) is 14.7. The maximum Gasteiger partial charge on any atom is 0.331 e. The van der Waals surface area contributed by atoms with Crippen molar-refractivity contribution in [2.45, 2.75) is 71.3 Å². The molecule has 0 N–H and O–H groups in total. The van der Waals surface area contributed by atoms with E-state index in [0.717, 1.165) is 67.2 Å². The molecular formula is C33H43N5O5S. The minimum atomic E-state index is -3.21. The van der Waals surface area contributed by atoms with Crippen molar-refractivity contribution < 1.29 is 22.7 Å². The van der Waals surface area contributed by atoms with E-state index in [4.69, 9.17) is 4.74 Å². The number of hydrogen-bond donors (Lipinski definition) is 0. The van der Waals surface area contributed by atoms with Gasteiger partial charge >= 0.3 is 6.03 Å². The highest BCUT2D eigenvalue weighted by Crippen LogP contribution is 2.31. The van der Waals surface area contributed by atoms with E-state index in [1.807, 2.05) is 37.4 Å². The van der Waals surface area contributed by atoms with Crippen molar-refractivity contribution in [2.24, 2.45) is 11.8 Å². The Bertz CT molecular complexity index is 1620. The number of amides is 3. The van der Waals surface area contributed by atoms with Crippen LogP contribution in [0, 0.1) is 18.8 Å². The minimum Gasteiger partial charge on any atom is -0.496 e. The zero-order valence-electron chi connectivity index (χ0n) is 25.8. The van der Waals surface area contributed by atoms with Crippen molar-refractivity contribution in [1.82, 2.24) is 18.8 Å². The molecule has 44 heavy (non-hydrogen) atoms. The number of hydrogen-bond acceptors (Lipinski definition) is 6. The third-order valence-corrected chi connectivity index (χ3v) is 11.6. The van der Waals surface area contributed by atoms with Crippen molar-refractivity contribution in [3.05, 3.63) is 59.4 Å². The number of ether oxygens (including phenoxy) is 1. The molecule has 0 radical (unpaired) electrons. The molecule has 3 fully saturated rings. The molecule has 0 atom stereocenters. The van der Waals surface area contributed by atoms with Crippen LogP contribution in [0.2, 0.25) is 0 Å². The number of anilines is 1. The van der Waals surface area contributed by atoms with Crippen molar-refractivity contribution in [1.29, 1.82) is 0 Å². The SMILES string of the molecule is COc1cc(C)ccc1CN1C(=O)CCN(c2cnn3ccc(CC4CCN(S(=O)(=O)CC5CCCCC5)CC4)cc23)C1=O. The molecule has 0 bridgehead atoms. The van der Waals surface area contributed by atoms with Crippen molar-refractivity contribution in [3.63, 3.8) is 0 Å². The lowest BCUT2D eigenvalue weighted by Crippen LogP contribution is -2.52. The summed E-state index contributed by atoms with van der Waals surface area (Å²) >= 11 is 0. The summed E-state index contributed by atoms with van der Waals surface area (Å²) in [4.78, 5) is 29.5. The molecule has 11 heteroatoms. The van der Waals surface area contributed by atoms with E-state index in [-0.39, 0.29) is 24.9 Å².